The van der Waals surface area contributed by atoms with Crippen molar-refractivity contribution in [3.63, 3.8) is 0 Å². The van der Waals surface area contributed by atoms with Crippen LogP contribution in [0, 0.1) is 12.8 Å². The number of sulfone groups is 1. The molecule has 154 valence electrons. The summed E-state index contributed by atoms with van der Waals surface area (Å²) in [5, 5.41) is -0.129. The van der Waals surface area contributed by atoms with Gasteiger partial charge in [0.1, 0.15) is 5.76 Å². The monoisotopic (exact) mass is 423 g/mol. The molecule has 2 fully saturated rings. The molecule has 3 aromatic rings. The number of amides is 1. The Morgan fingerprint density at radius 1 is 1.07 bits per heavy atom. The second kappa shape index (κ2) is 6.80. The van der Waals surface area contributed by atoms with Gasteiger partial charge in [-0.1, -0.05) is 36.4 Å². The predicted octanol–water partition coefficient (Wildman–Crippen LogP) is 3.03. The maximum atomic E-state index is 13.3. The number of likely N-dealkylation sites (tertiary alicyclic amines) is 1. The minimum Gasteiger partial charge on any atom is -0.455 e. The van der Waals surface area contributed by atoms with Crippen LogP contribution in [0.15, 0.2) is 57.7 Å². The third-order valence-electron chi connectivity index (χ3n) is 6.31. The van der Waals surface area contributed by atoms with Gasteiger partial charge >= 0.3 is 0 Å². The average Bonchev–Trinajstić information content (AvgIpc) is 3.31. The molecule has 0 saturated carbocycles. The molecule has 2 saturated heterocycles. The molecule has 0 unspecified atom stereocenters. The van der Waals surface area contributed by atoms with Gasteiger partial charge in [-0.15, -0.1) is 0 Å². The number of carbonyl (C=O) groups is 1. The maximum Gasteiger partial charge on any atom is 0.257 e. The number of fused-ring (bicyclic) bond motifs is 2. The highest BCUT2D eigenvalue weighted by Gasteiger charge is 2.47. The van der Waals surface area contributed by atoms with Crippen molar-refractivity contribution in [2.45, 2.75) is 18.6 Å². The van der Waals surface area contributed by atoms with Gasteiger partial charge in [0, 0.05) is 24.2 Å². The lowest BCUT2D eigenvalue weighted by atomic mass is 10.0. The second-order valence-corrected chi connectivity index (χ2v) is 10.4. The second-order valence-electron chi connectivity index (χ2n) is 8.10. The fourth-order valence-electron chi connectivity index (χ4n) is 4.67. The summed E-state index contributed by atoms with van der Waals surface area (Å²) in [5.74, 6) is 0.334. The van der Waals surface area contributed by atoms with Crippen LogP contribution in [0.5, 0.6) is 0 Å². The van der Waals surface area contributed by atoms with Gasteiger partial charge in [-0.05, 0) is 31.4 Å². The zero-order valence-corrected chi connectivity index (χ0v) is 17.3. The third kappa shape index (κ3) is 2.88. The van der Waals surface area contributed by atoms with E-state index < -0.39 is 15.1 Å². The van der Waals surface area contributed by atoms with Crippen molar-refractivity contribution in [1.29, 1.82) is 0 Å². The fourth-order valence-corrected chi connectivity index (χ4v) is 6.82. The first-order chi connectivity index (χ1) is 14.4. The van der Waals surface area contributed by atoms with Crippen molar-refractivity contribution >= 4 is 26.7 Å². The van der Waals surface area contributed by atoms with Crippen LogP contribution < -0.4 is 5.43 Å². The zero-order chi connectivity index (χ0) is 21.0. The van der Waals surface area contributed by atoms with E-state index in [0.717, 1.165) is 5.56 Å². The first-order valence-electron chi connectivity index (χ1n) is 9.99. The average molecular weight is 423 g/mol. The molecule has 0 N–H and O–H groups in total. The lowest BCUT2D eigenvalue weighted by Crippen LogP contribution is -2.32. The molecule has 5 rings (SSSR count). The van der Waals surface area contributed by atoms with E-state index in [9.17, 15) is 18.0 Å². The third-order valence-corrected chi connectivity index (χ3v) is 8.58. The van der Waals surface area contributed by atoms with E-state index in [4.69, 9.17) is 4.42 Å². The normalized spacial score (nSPS) is 22.4. The number of carbonyl (C=O) groups excluding carboxylic acids is 1. The molecular formula is C23H21NO5S. The highest BCUT2D eigenvalue weighted by atomic mass is 32.2. The number of hydrogen-bond donors (Lipinski definition) is 0. The van der Waals surface area contributed by atoms with Crippen molar-refractivity contribution < 1.29 is 17.6 Å². The van der Waals surface area contributed by atoms with E-state index in [2.05, 4.69) is 0 Å². The number of hydrogen-bond acceptors (Lipinski definition) is 5. The molecule has 0 radical (unpaired) electrons. The van der Waals surface area contributed by atoms with Crippen molar-refractivity contribution in [2.24, 2.45) is 5.92 Å². The minimum atomic E-state index is -3.14. The van der Waals surface area contributed by atoms with Crippen molar-refractivity contribution in [3.05, 3.63) is 69.9 Å². The first-order valence-corrected chi connectivity index (χ1v) is 11.7. The van der Waals surface area contributed by atoms with Crippen LogP contribution in [0.4, 0.5) is 0 Å². The topological polar surface area (TPSA) is 84.7 Å². The Balaban J connectivity index is 1.61. The van der Waals surface area contributed by atoms with Gasteiger partial charge in [-0.25, -0.2) is 8.42 Å². The highest BCUT2D eigenvalue weighted by molar-refractivity contribution is 7.92. The number of benzene rings is 2. The van der Waals surface area contributed by atoms with Gasteiger partial charge in [0.05, 0.1) is 22.0 Å². The lowest BCUT2D eigenvalue weighted by molar-refractivity contribution is 0.0787. The van der Waals surface area contributed by atoms with Gasteiger partial charge < -0.3 is 9.32 Å². The largest absolute Gasteiger partial charge is 0.455 e. The Morgan fingerprint density at radius 2 is 1.83 bits per heavy atom. The van der Waals surface area contributed by atoms with Crippen LogP contribution >= 0.6 is 0 Å². The van der Waals surface area contributed by atoms with Crippen LogP contribution in [-0.4, -0.2) is 43.3 Å². The quantitative estimate of drug-likeness (QED) is 0.633. The molecule has 2 atom stereocenters. The molecule has 6 nitrogen and oxygen atoms in total. The van der Waals surface area contributed by atoms with Gasteiger partial charge in [-0.2, -0.15) is 0 Å². The van der Waals surface area contributed by atoms with Crippen molar-refractivity contribution in [3.8, 4) is 11.3 Å². The molecule has 7 heteroatoms. The van der Waals surface area contributed by atoms with E-state index in [1.54, 1.807) is 30.0 Å². The Morgan fingerprint density at radius 3 is 2.57 bits per heavy atom. The van der Waals surface area contributed by atoms with Crippen molar-refractivity contribution in [1.82, 2.24) is 4.90 Å². The summed E-state index contributed by atoms with van der Waals surface area (Å²) in [6, 6.07) is 14.3. The van der Waals surface area contributed by atoms with E-state index in [1.807, 2.05) is 30.3 Å². The number of rotatable bonds is 2. The van der Waals surface area contributed by atoms with Crippen molar-refractivity contribution in [2.75, 3.05) is 18.8 Å². The Labute approximate surface area is 174 Å². The summed E-state index contributed by atoms with van der Waals surface area (Å²) < 4.78 is 30.6. The van der Waals surface area contributed by atoms with Crippen LogP contribution in [-0.2, 0) is 9.84 Å². The summed E-state index contributed by atoms with van der Waals surface area (Å²) in [7, 11) is -3.14. The first kappa shape index (κ1) is 19.1. The molecule has 2 aliphatic rings. The van der Waals surface area contributed by atoms with Gasteiger partial charge in [0.2, 0.25) is 0 Å². The summed E-state index contributed by atoms with van der Waals surface area (Å²) in [4.78, 5) is 27.9. The van der Waals surface area contributed by atoms with Gasteiger partial charge in [-0.3, -0.25) is 9.59 Å². The molecule has 0 spiro atoms. The molecule has 0 aliphatic carbocycles. The Hall–Kier alpha value is -2.93. The molecule has 3 heterocycles. The molecular weight excluding hydrogens is 402 g/mol. The summed E-state index contributed by atoms with van der Waals surface area (Å²) in [6.07, 6.45) is 0.596. The van der Waals surface area contributed by atoms with E-state index >= 15 is 0 Å². The Bertz CT molecular complexity index is 1330. The molecule has 30 heavy (non-hydrogen) atoms. The summed E-state index contributed by atoms with van der Waals surface area (Å²) in [6.45, 7) is 2.33. The zero-order valence-electron chi connectivity index (χ0n) is 16.5. The molecule has 2 aromatic carbocycles. The van der Waals surface area contributed by atoms with E-state index in [0.29, 0.717) is 35.2 Å². The smallest absolute Gasteiger partial charge is 0.257 e. The SMILES string of the molecule is Cc1c(-c2ccccc2)oc2c(C(=O)N3C[C@@H]4CCS(=O)(=O)[C@@H]4C3)cccc2c1=O. The maximum absolute atomic E-state index is 13.3. The summed E-state index contributed by atoms with van der Waals surface area (Å²) >= 11 is 0. The molecule has 1 aromatic heterocycles. The highest BCUT2D eigenvalue weighted by Crippen LogP contribution is 2.35. The molecule has 0 bridgehead atoms. The number of para-hydroxylation sites is 1. The van der Waals surface area contributed by atoms with Crippen LogP contribution in [0.1, 0.15) is 22.3 Å². The Kier molecular flexibility index (Phi) is 4.32. The minimum absolute atomic E-state index is 0.0111. The fraction of sp³-hybridized carbons (Fsp3) is 0.304. The molecule has 1 amide bonds. The van der Waals surface area contributed by atoms with Crippen LogP contribution in [0.3, 0.4) is 0 Å². The van der Waals surface area contributed by atoms with Crippen LogP contribution in [0.2, 0.25) is 0 Å². The molecule has 2 aliphatic heterocycles. The summed E-state index contributed by atoms with van der Waals surface area (Å²) in [5.41, 5.74) is 1.61. The number of nitrogens with zero attached hydrogens (tertiary/aromatic N) is 1. The van der Waals surface area contributed by atoms with Gasteiger partial charge in [0.25, 0.3) is 5.91 Å². The predicted molar refractivity (Wildman–Crippen MR) is 114 cm³/mol. The van der Waals surface area contributed by atoms with E-state index in [1.165, 1.54) is 0 Å². The standard InChI is InChI=1S/C23H21NO5S/c1-14-20(25)17-8-5-9-18(22(17)29-21(14)15-6-3-2-4-7-15)23(26)24-12-16-10-11-30(27,28)19(16)13-24/h2-9,16,19H,10-13H2,1H3/t16-,19+/m0/s1. The van der Waals surface area contributed by atoms with Gasteiger partial charge in [0.15, 0.2) is 20.8 Å². The lowest BCUT2D eigenvalue weighted by Gasteiger charge is -2.18. The van der Waals surface area contributed by atoms with Crippen LogP contribution in [0.25, 0.3) is 22.3 Å². The van der Waals surface area contributed by atoms with E-state index in [-0.39, 0.29) is 35.1 Å².